The maximum Gasteiger partial charge on any atom is 0.237 e. The van der Waals surface area contributed by atoms with Crippen LogP contribution in [-0.2, 0) is 17.9 Å². The average Bonchev–Trinajstić information content (AvgIpc) is 3.12. The lowest BCUT2D eigenvalue weighted by molar-refractivity contribution is -0.132. The molecule has 2 aromatic heterocycles. The second kappa shape index (κ2) is 8.60. The Balaban J connectivity index is 1.42. The number of thiazole rings is 1. The number of hydrogen-bond donors (Lipinski definition) is 1. The predicted molar refractivity (Wildman–Crippen MR) is 108 cm³/mol. The van der Waals surface area contributed by atoms with E-state index in [0.29, 0.717) is 26.2 Å². The summed E-state index contributed by atoms with van der Waals surface area (Å²) in [7, 11) is 0. The van der Waals surface area contributed by atoms with Crippen molar-refractivity contribution in [2.24, 2.45) is 0 Å². The minimum Gasteiger partial charge on any atom is -0.390 e. The number of benzene rings is 1. The van der Waals surface area contributed by atoms with Gasteiger partial charge >= 0.3 is 0 Å². The van der Waals surface area contributed by atoms with E-state index in [4.69, 9.17) is 4.98 Å². The molecule has 3 aromatic rings. The molecule has 1 atom stereocenters. The normalized spacial score (nSPS) is 18.2. The van der Waals surface area contributed by atoms with Crippen LogP contribution in [-0.4, -0.2) is 56.5 Å². The number of nitrogens with zero attached hydrogens (tertiary/aromatic N) is 4. The monoisotopic (exact) mass is 394 g/mol. The maximum atomic E-state index is 12.7. The first kappa shape index (κ1) is 18.7. The van der Waals surface area contributed by atoms with Crippen molar-refractivity contribution >= 4 is 17.2 Å². The lowest BCUT2D eigenvalue weighted by Crippen LogP contribution is -2.36. The number of hydrogen-bond acceptors (Lipinski definition) is 6. The topological polar surface area (TPSA) is 69.6 Å². The number of β-amino-alcohol motifs (C(OH)–C–C–N with tert-alkyl or cyclic N) is 1. The van der Waals surface area contributed by atoms with Crippen LogP contribution in [0.15, 0.2) is 60.2 Å². The van der Waals surface area contributed by atoms with Gasteiger partial charge in [-0.05, 0) is 11.6 Å². The Bertz CT molecular complexity index is 916. The Labute approximate surface area is 168 Å². The third-order valence-corrected chi connectivity index (χ3v) is 5.52. The van der Waals surface area contributed by atoms with Gasteiger partial charge < -0.3 is 10.0 Å². The van der Waals surface area contributed by atoms with Crippen molar-refractivity contribution < 1.29 is 9.90 Å². The van der Waals surface area contributed by atoms with Crippen molar-refractivity contribution in [3.8, 4) is 11.3 Å². The lowest BCUT2D eigenvalue weighted by atomic mass is 10.2. The standard InChI is InChI=1S/C21H22N4O2S/c26-18-11-24(13-20-23-19(15-28-20)17-6-2-1-3-7-17)14-21(27)25(12-18)10-16-5-4-8-22-9-16/h1-9,15,18,26H,10-14H2. The molecule has 0 saturated carbocycles. The van der Waals surface area contributed by atoms with Gasteiger partial charge in [-0.1, -0.05) is 36.4 Å². The molecule has 6 nitrogen and oxygen atoms in total. The molecule has 7 heteroatoms. The molecule has 28 heavy (non-hydrogen) atoms. The summed E-state index contributed by atoms with van der Waals surface area (Å²) in [6.45, 7) is 2.08. The van der Waals surface area contributed by atoms with Crippen molar-refractivity contribution in [2.45, 2.75) is 19.2 Å². The number of pyridine rings is 1. The summed E-state index contributed by atoms with van der Waals surface area (Å²) in [5.41, 5.74) is 2.99. The van der Waals surface area contributed by atoms with E-state index < -0.39 is 6.10 Å². The highest BCUT2D eigenvalue weighted by Crippen LogP contribution is 2.23. The summed E-state index contributed by atoms with van der Waals surface area (Å²) in [6, 6.07) is 13.8. The molecule has 0 spiro atoms. The molecule has 144 valence electrons. The first-order valence-corrected chi connectivity index (χ1v) is 10.1. The Morgan fingerprint density at radius 3 is 2.75 bits per heavy atom. The minimum atomic E-state index is -0.586. The number of aliphatic hydroxyl groups excluding tert-OH is 1. The van der Waals surface area contributed by atoms with Gasteiger partial charge in [0, 0.05) is 43.0 Å². The summed E-state index contributed by atoms with van der Waals surface area (Å²) in [5, 5.41) is 13.4. The number of aliphatic hydroxyl groups is 1. The number of rotatable bonds is 5. The molecule has 0 aliphatic carbocycles. The van der Waals surface area contributed by atoms with E-state index in [0.717, 1.165) is 21.8 Å². The molecule has 1 fully saturated rings. The number of carbonyl (C=O) groups excluding carboxylic acids is 1. The quantitative estimate of drug-likeness (QED) is 0.720. The van der Waals surface area contributed by atoms with Crippen molar-refractivity contribution in [3.63, 3.8) is 0 Å². The molecule has 0 bridgehead atoms. The van der Waals surface area contributed by atoms with Crippen molar-refractivity contribution in [3.05, 3.63) is 70.8 Å². The maximum absolute atomic E-state index is 12.7. The van der Waals surface area contributed by atoms with Crippen LogP contribution < -0.4 is 0 Å². The summed E-state index contributed by atoms with van der Waals surface area (Å²) in [5.74, 6) is 0.0141. The van der Waals surface area contributed by atoms with Crippen LogP contribution in [0.4, 0.5) is 0 Å². The van der Waals surface area contributed by atoms with Gasteiger partial charge in [-0.3, -0.25) is 14.7 Å². The van der Waals surface area contributed by atoms with Gasteiger partial charge in [-0.25, -0.2) is 4.98 Å². The van der Waals surface area contributed by atoms with E-state index in [1.165, 1.54) is 0 Å². The molecule has 4 rings (SSSR count). The molecular weight excluding hydrogens is 372 g/mol. The Kier molecular flexibility index (Phi) is 5.76. The van der Waals surface area contributed by atoms with E-state index >= 15 is 0 Å². The van der Waals surface area contributed by atoms with Crippen molar-refractivity contribution in [2.75, 3.05) is 19.6 Å². The third kappa shape index (κ3) is 4.62. The van der Waals surface area contributed by atoms with Gasteiger partial charge in [0.1, 0.15) is 5.01 Å². The van der Waals surface area contributed by atoms with Crippen molar-refractivity contribution in [1.82, 2.24) is 19.8 Å². The average molecular weight is 395 g/mol. The van der Waals surface area contributed by atoms with E-state index in [-0.39, 0.29) is 12.5 Å². The van der Waals surface area contributed by atoms with Gasteiger partial charge in [-0.2, -0.15) is 0 Å². The minimum absolute atomic E-state index is 0.0141. The van der Waals surface area contributed by atoms with Gasteiger partial charge in [0.15, 0.2) is 0 Å². The van der Waals surface area contributed by atoms with Gasteiger partial charge in [0.05, 0.1) is 24.9 Å². The van der Waals surface area contributed by atoms with Crippen LogP contribution in [0.1, 0.15) is 10.6 Å². The highest BCUT2D eigenvalue weighted by Gasteiger charge is 2.27. The van der Waals surface area contributed by atoms with E-state index in [9.17, 15) is 9.90 Å². The molecule has 1 N–H and O–H groups in total. The molecule has 1 aromatic carbocycles. The Hall–Kier alpha value is -2.61. The van der Waals surface area contributed by atoms with Crippen molar-refractivity contribution in [1.29, 1.82) is 0 Å². The second-order valence-electron chi connectivity index (χ2n) is 6.95. The highest BCUT2D eigenvalue weighted by molar-refractivity contribution is 7.09. The van der Waals surface area contributed by atoms with Gasteiger partial charge in [-0.15, -0.1) is 11.3 Å². The van der Waals surface area contributed by atoms with Crippen LogP contribution >= 0.6 is 11.3 Å². The zero-order chi connectivity index (χ0) is 19.3. The molecular formula is C21H22N4O2S. The number of aromatic nitrogens is 2. The number of amides is 1. The highest BCUT2D eigenvalue weighted by atomic mass is 32.1. The number of carbonyl (C=O) groups is 1. The van der Waals surface area contributed by atoms with Gasteiger partial charge in [0.25, 0.3) is 0 Å². The van der Waals surface area contributed by atoms with E-state index in [1.54, 1.807) is 28.6 Å². The molecule has 1 aliphatic heterocycles. The largest absolute Gasteiger partial charge is 0.390 e. The Morgan fingerprint density at radius 1 is 1.11 bits per heavy atom. The van der Waals surface area contributed by atoms with Crippen LogP contribution in [0.3, 0.4) is 0 Å². The molecule has 3 heterocycles. The third-order valence-electron chi connectivity index (χ3n) is 4.69. The summed E-state index contributed by atoms with van der Waals surface area (Å²) < 4.78 is 0. The van der Waals surface area contributed by atoms with Crippen LogP contribution in [0.2, 0.25) is 0 Å². The fraction of sp³-hybridized carbons (Fsp3) is 0.286. The zero-order valence-electron chi connectivity index (χ0n) is 15.4. The van der Waals surface area contributed by atoms with Crippen LogP contribution in [0.5, 0.6) is 0 Å². The second-order valence-corrected chi connectivity index (χ2v) is 7.89. The summed E-state index contributed by atoms with van der Waals surface area (Å²) in [6.07, 6.45) is 2.88. The van der Waals surface area contributed by atoms with E-state index in [2.05, 4.69) is 4.98 Å². The lowest BCUT2D eigenvalue weighted by Gasteiger charge is -2.21. The molecule has 1 aliphatic rings. The molecule has 1 unspecified atom stereocenters. The fourth-order valence-corrected chi connectivity index (χ4v) is 4.21. The molecule has 1 saturated heterocycles. The SMILES string of the molecule is O=C1CN(Cc2nc(-c3ccccc3)cs2)CC(O)CN1Cc1cccnc1. The predicted octanol–water partition coefficient (Wildman–Crippen LogP) is 2.41. The fourth-order valence-electron chi connectivity index (χ4n) is 3.37. The van der Waals surface area contributed by atoms with Crippen LogP contribution in [0, 0.1) is 0 Å². The Morgan fingerprint density at radius 2 is 1.96 bits per heavy atom. The summed E-state index contributed by atoms with van der Waals surface area (Å²) in [4.78, 5) is 25.2. The first-order valence-electron chi connectivity index (χ1n) is 9.24. The molecule has 1 amide bonds. The van der Waals surface area contributed by atoms with E-state index in [1.807, 2.05) is 52.7 Å². The first-order chi connectivity index (χ1) is 13.7. The smallest absolute Gasteiger partial charge is 0.237 e. The summed E-state index contributed by atoms with van der Waals surface area (Å²) >= 11 is 1.58. The molecule has 0 radical (unpaired) electrons. The van der Waals surface area contributed by atoms with Crippen LogP contribution in [0.25, 0.3) is 11.3 Å². The zero-order valence-corrected chi connectivity index (χ0v) is 16.3. The van der Waals surface area contributed by atoms with Gasteiger partial charge in [0.2, 0.25) is 5.91 Å².